The summed E-state index contributed by atoms with van der Waals surface area (Å²) < 4.78 is 39.6. The molecule has 2 aromatic rings. The van der Waals surface area contributed by atoms with Crippen molar-refractivity contribution in [2.75, 3.05) is 0 Å². The number of rotatable bonds is 3. The molecule has 2 rings (SSSR count). The van der Waals surface area contributed by atoms with Crippen LogP contribution in [0.2, 0.25) is 0 Å². The molecule has 0 N–H and O–H groups in total. The molecule has 0 saturated heterocycles. The molecule has 0 aliphatic heterocycles. The largest absolute Gasteiger partial charge is 0.294 e. The average Bonchev–Trinajstić information content (AvgIpc) is 2.25. The van der Waals surface area contributed by atoms with Gasteiger partial charge >= 0.3 is 0 Å². The Balaban J connectivity index is 2.25. The maximum atomic E-state index is 13.1. The van der Waals surface area contributed by atoms with Crippen LogP contribution < -0.4 is 0 Å². The van der Waals surface area contributed by atoms with Crippen LogP contribution in [0.1, 0.15) is 15.9 Å². The lowest BCUT2D eigenvalue weighted by Gasteiger charge is -2.03. The van der Waals surface area contributed by atoms with E-state index in [1.807, 2.05) is 0 Å². The fraction of sp³-hybridized carbons (Fsp3) is 0.0714. The summed E-state index contributed by atoms with van der Waals surface area (Å²) in [4.78, 5) is 11.9. The molecule has 1 nitrogen and oxygen atoms in total. The molecule has 2 aromatic carbocycles. The smallest absolute Gasteiger partial charge is 0.167 e. The van der Waals surface area contributed by atoms with Crippen LogP contribution in [0.25, 0.3) is 0 Å². The highest BCUT2D eigenvalue weighted by Gasteiger charge is 2.11. The van der Waals surface area contributed by atoms with Crippen molar-refractivity contribution in [1.82, 2.24) is 0 Å². The van der Waals surface area contributed by atoms with E-state index in [0.29, 0.717) is 16.1 Å². The number of hydrogen-bond acceptors (Lipinski definition) is 1. The number of hydrogen-bond donors (Lipinski definition) is 0. The summed E-state index contributed by atoms with van der Waals surface area (Å²) in [5.74, 6) is -2.59. The van der Waals surface area contributed by atoms with Gasteiger partial charge in [-0.3, -0.25) is 4.79 Å². The fourth-order valence-electron chi connectivity index (χ4n) is 1.72. The first kappa shape index (κ1) is 13.8. The van der Waals surface area contributed by atoms with E-state index in [0.717, 1.165) is 12.1 Å². The Hall–Kier alpha value is -1.62. The number of halogens is 4. The first-order valence-electron chi connectivity index (χ1n) is 5.38. The van der Waals surface area contributed by atoms with E-state index < -0.39 is 23.2 Å². The summed E-state index contributed by atoms with van der Waals surface area (Å²) in [5, 5.41) is 0. The predicted molar refractivity (Wildman–Crippen MR) is 68.5 cm³/mol. The molecule has 0 spiro atoms. The molecule has 0 fully saturated rings. The van der Waals surface area contributed by atoms with Gasteiger partial charge in [0, 0.05) is 22.5 Å². The Kier molecular flexibility index (Phi) is 4.04. The number of Topliss-reactive ketones (excluding diaryl/α,β-unsaturated/α-hetero) is 1. The molecule has 98 valence electrons. The molecule has 0 unspecified atom stereocenters. The summed E-state index contributed by atoms with van der Waals surface area (Å²) in [6, 6.07) is 6.65. The van der Waals surface area contributed by atoms with E-state index in [1.54, 1.807) is 6.07 Å². The van der Waals surface area contributed by atoms with Crippen LogP contribution in [0.5, 0.6) is 0 Å². The Morgan fingerprint density at radius 3 is 2.05 bits per heavy atom. The van der Waals surface area contributed by atoms with Gasteiger partial charge in [-0.25, -0.2) is 13.2 Å². The minimum Gasteiger partial charge on any atom is -0.294 e. The third-order valence-electron chi connectivity index (χ3n) is 2.47. The zero-order valence-corrected chi connectivity index (χ0v) is 11.2. The van der Waals surface area contributed by atoms with Gasteiger partial charge < -0.3 is 0 Å². The third-order valence-corrected chi connectivity index (χ3v) is 2.93. The molecule has 0 amide bonds. The number of carbonyl (C=O) groups is 1. The van der Waals surface area contributed by atoms with Gasteiger partial charge in [0.2, 0.25) is 0 Å². The minimum atomic E-state index is -0.816. The number of carbonyl (C=O) groups excluding carboxylic acids is 1. The molecule has 0 atom stereocenters. The third kappa shape index (κ3) is 3.67. The van der Waals surface area contributed by atoms with E-state index in [-0.39, 0.29) is 12.0 Å². The van der Waals surface area contributed by atoms with E-state index in [4.69, 9.17) is 0 Å². The number of benzene rings is 2. The number of ketones is 1. The second-order valence-corrected chi connectivity index (χ2v) is 4.95. The van der Waals surface area contributed by atoms with Gasteiger partial charge in [0.25, 0.3) is 0 Å². The molecule has 0 heterocycles. The maximum absolute atomic E-state index is 13.1. The van der Waals surface area contributed by atoms with Gasteiger partial charge in [-0.15, -0.1) is 0 Å². The molecule has 5 heteroatoms. The van der Waals surface area contributed by atoms with Crippen molar-refractivity contribution in [1.29, 1.82) is 0 Å². The lowest BCUT2D eigenvalue weighted by molar-refractivity contribution is 0.0992. The fourth-order valence-corrected chi connectivity index (χ4v) is 2.23. The average molecular weight is 329 g/mol. The summed E-state index contributed by atoms with van der Waals surface area (Å²) in [7, 11) is 0. The first-order chi connectivity index (χ1) is 8.94. The van der Waals surface area contributed by atoms with Crippen LogP contribution in [0.3, 0.4) is 0 Å². The molecule has 19 heavy (non-hydrogen) atoms. The quantitative estimate of drug-likeness (QED) is 0.768. The van der Waals surface area contributed by atoms with Crippen molar-refractivity contribution >= 4 is 21.7 Å². The Bertz CT molecular complexity index is 600. The standard InChI is InChI=1S/C14H8BrF3O/c15-10-1-8(2-11(16)6-10)3-14(19)9-4-12(17)7-13(18)5-9/h1-2,4-7H,3H2. The molecular weight excluding hydrogens is 321 g/mol. The zero-order chi connectivity index (χ0) is 14.0. The van der Waals surface area contributed by atoms with Crippen LogP contribution in [-0.2, 0) is 6.42 Å². The van der Waals surface area contributed by atoms with Crippen molar-refractivity contribution in [2.24, 2.45) is 0 Å². The van der Waals surface area contributed by atoms with E-state index >= 15 is 0 Å². The monoisotopic (exact) mass is 328 g/mol. The van der Waals surface area contributed by atoms with E-state index in [2.05, 4.69) is 15.9 Å². The Morgan fingerprint density at radius 2 is 1.47 bits per heavy atom. The minimum absolute atomic E-state index is 0.0714. The van der Waals surface area contributed by atoms with Gasteiger partial charge in [-0.2, -0.15) is 0 Å². The van der Waals surface area contributed by atoms with Gasteiger partial charge in [-0.1, -0.05) is 15.9 Å². The second-order valence-electron chi connectivity index (χ2n) is 4.04. The highest BCUT2D eigenvalue weighted by Crippen LogP contribution is 2.17. The van der Waals surface area contributed by atoms with Crippen LogP contribution in [0.4, 0.5) is 13.2 Å². The summed E-state index contributed by atoms with van der Waals surface area (Å²) in [6.45, 7) is 0. The molecule has 0 aliphatic carbocycles. The predicted octanol–water partition coefficient (Wildman–Crippen LogP) is 4.29. The summed E-state index contributed by atoms with van der Waals surface area (Å²) >= 11 is 3.11. The van der Waals surface area contributed by atoms with Gasteiger partial charge in [0.1, 0.15) is 17.5 Å². The lowest BCUT2D eigenvalue weighted by atomic mass is 10.0. The van der Waals surface area contributed by atoms with Gasteiger partial charge in [-0.05, 0) is 35.9 Å². The Labute approximate surface area is 116 Å². The van der Waals surface area contributed by atoms with Crippen LogP contribution in [0, 0.1) is 17.5 Å². The maximum Gasteiger partial charge on any atom is 0.167 e. The lowest BCUT2D eigenvalue weighted by Crippen LogP contribution is -2.05. The van der Waals surface area contributed by atoms with Crippen LogP contribution in [0.15, 0.2) is 40.9 Å². The van der Waals surface area contributed by atoms with Crippen LogP contribution >= 0.6 is 15.9 Å². The SMILES string of the molecule is O=C(Cc1cc(F)cc(Br)c1)c1cc(F)cc(F)c1. The Morgan fingerprint density at radius 1 is 0.895 bits per heavy atom. The van der Waals surface area contributed by atoms with Crippen molar-refractivity contribution in [2.45, 2.75) is 6.42 Å². The van der Waals surface area contributed by atoms with Crippen molar-refractivity contribution < 1.29 is 18.0 Å². The van der Waals surface area contributed by atoms with Crippen molar-refractivity contribution in [3.8, 4) is 0 Å². The normalized spacial score (nSPS) is 10.5. The summed E-state index contributed by atoms with van der Waals surface area (Å²) in [5.41, 5.74) is 0.361. The highest BCUT2D eigenvalue weighted by molar-refractivity contribution is 9.10. The molecular formula is C14H8BrF3O. The molecule has 0 bridgehead atoms. The van der Waals surface area contributed by atoms with E-state index in [9.17, 15) is 18.0 Å². The summed E-state index contributed by atoms with van der Waals surface area (Å²) in [6.07, 6.45) is -0.126. The van der Waals surface area contributed by atoms with Gasteiger partial charge in [0.15, 0.2) is 5.78 Å². The highest BCUT2D eigenvalue weighted by atomic mass is 79.9. The van der Waals surface area contributed by atoms with Crippen molar-refractivity contribution in [3.63, 3.8) is 0 Å². The van der Waals surface area contributed by atoms with Crippen LogP contribution in [-0.4, -0.2) is 5.78 Å². The first-order valence-corrected chi connectivity index (χ1v) is 6.17. The van der Waals surface area contributed by atoms with Crippen molar-refractivity contribution in [3.05, 3.63) is 69.4 Å². The second kappa shape index (κ2) is 5.57. The molecule has 0 aromatic heterocycles. The zero-order valence-electron chi connectivity index (χ0n) is 9.59. The van der Waals surface area contributed by atoms with E-state index in [1.165, 1.54) is 12.1 Å². The molecule has 0 aliphatic rings. The van der Waals surface area contributed by atoms with Gasteiger partial charge in [0.05, 0.1) is 0 Å². The molecule has 0 saturated carbocycles. The topological polar surface area (TPSA) is 17.1 Å². The molecule has 0 radical (unpaired) electrons.